The topological polar surface area (TPSA) is 86.0 Å². The van der Waals surface area contributed by atoms with E-state index in [9.17, 15) is 23.1 Å². The number of aliphatic hydroxyl groups is 1. The Kier molecular flexibility index (Phi) is 7.10. The number of anilines is 1. The van der Waals surface area contributed by atoms with Crippen molar-refractivity contribution in [2.24, 2.45) is 0 Å². The number of fused-ring (bicyclic) bond motifs is 1. The number of hydrogen-bond donors (Lipinski definition) is 2. The average molecular weight is 503 g/mol. The van der Waals surface area contributed by atoms with Crippen molar-refractivity contribution in [2.75, 3.05) is 31.1 Å². The molecule has 0 spiro atoms. The van der Waals surface area contributed by atoms with E-state index in [-0.39, 0.29) is 24.8 Å². The van der Waals surface area contributed by atoms with Gasteiger partial charge in [0.1, 0.15) is 12.1 Å². The number of halogens is 3. The number of aliphatic hydroxyl groups excluding tert-OH is 1. The summed E-state index contributed by atoms with van der Waals surface area (Å²) in [4.78, 5) is 21.9. The summed E-state index contributed by atoms with van der Waals surface area (Å²) in [6, 6.07) is 6.16. The van der Waals surface area contributed by atoms with Crippen molar-refractivity contribution in [3.8, 4) is 0 Å². The zero-order chi connectivity index (χ0) is 25.2. The molecular weight excluding hydrogens is 473 g/mol. The summed E-state index contributed by atoms with van der Waals surface area (Å²) in [5, 5.41) is 16.5. The van der Waals surface area contributed by atoms with E-state index >= 15 is 0 Å². The van der Waals surface area contributed by atoms with Gasteiger partial charge in [0, 0.05) is 43.5 Å². The van der Waals surface area contributed by atoms with E-state index in [2.05, 4.69) is 25.2 Å². The molecule has 2 aliphatic rings. The van der Waals surface area contributed by atoms with Crippen molar-refractivity contribution < 1.29 is 23.1 Å². The number of carbonyl (C=O) groups excluding carboxylic acids is 1. The summed E-state index contributed by atoms with van der Waals surface area (Å²) >= 11 is 0. The smallest absolute Gasteiger partial charge is 0.266 e. The lowest BCUT2D eigenvalue weighted by Crippen LogP contribution is -2.47. The van der Waals surface area contributed by atoms with E-state index in [0.717, 1.165) is 57.1 Å². The molecule has 5 rings (SSSR count). The van der Waals surface area contributed by atoms with Gasteiger partial charge in [0.15, 0.2) is 5.65 Å². The monoisotopic (exact) mass is 502 g/mol. The Bertz CT molecular complexity index is 1230. The first kappa shape index (κ1) is 24.5. The van der Waals surface area contributed by atoms with Crippen LogP contribution in [0.15, 0.2) is 36.8 Å². The Labute approximate surface area is 206 Å². The van der Waals surface area contributed by atoms with E-state index in [4.69, 9.17) is 0 Å². The van der Waals surface area contributed by atoms with Gasteiger partial charge in [-0.25, -0.2) is 22.7 Å². The van der Waals surface area contributed by atoms with Crippen LogP contribution in [-0.2, 0) is 6.54 Å². The van der Waals surface area contributed by atoms with Crippen LogP contribution in [0.4, 0.5) is 18.9 Å². The summed E-state index contributed by atoms with van der Waals surface area (Å²) < 4.78 is 41.9. The van der Waals surface area contributed by atoms with Crippen LogP contribution in [0.5, 0.6) is 0 Å². The minimum Gasteiger partial charge on any atom is -0.395 e. The van der Waals surface area contributed by atoms with Gasteiger partial charge in [-0.2, -0.15) is 5.10 Å². The third-order valence-corrected chi connectivity index (χ3v) is 7.31. The zero-order valence-electron chi connectivity index (χ0n) is 19.8. The van der Waals surface area contributed by atoms with Crippen LogP contribution in [0.3, 0.4) is 0 Å². The largest absolute Gasteiger partial charge is 0.395 e. The molecule has 0 radical (unpaired) electrons. The Morgan fingerprint density at radius 2 is 2.00 bits per heavy atom. The highest BCUT2D eigenvalue weighted by Crippen LogP contribution is 2.30. The molecule has 2 saturated heterocycles. The molecule has 0 saturated carbocycles. The van der Waals surface area contributed by atoms with Crippen LogP contribution in [0, 0.1) is 5.82 Å². The minimum atomic E-state index is -2.93. The molecule has 0 aliphatic carbocycles. The Morgan fingerprint density at radius 1 is 1.19 bits per heavy atom. The van der Waals surface area contributed by atoms with Crippen molar-refractivity contribution in [2.45, 2.75) is 50.7 Å². The number of nitrogens with zero attached hydrogens (tertiary/aromatic N) is 5. The summed E-state index contributed by atoms with van der Waals surface area (Å²) in [7, 11) is 0. The minimum absolute atomic E-state index is 0.00613. The molecule has 8 nitrogen and oxygen atoms in total. The number of benzene rings is 1. The molecule has 1 unspecified atom stereocenters. The lowest BCUT2D eigenvalue weighted by Gasteiger charge is -2.40. The van der Waals surface area contributed by atoms with E-state index < -0.39 is 23.7 Å². The summed E-state index contributed by atoms with van der Waals surface area (Å²) in [6.45, 7) is 2.54. The van der Waals surface area contributed by atoms with Crippen molar-refractivity contribution >= 4 is 17.2 Å². The molecule has 1 aromatic carbocycles. The maximum atomic E-state index is 14.4. The van der Waals surface area contributed by atoms with Gasteiger partial charge in [-0.15, -0.1) is 0 Å². The van der Waals surface area contributed by atoms with Crippen LogP contribution in [0.2, 0.25) is 0 Å². The van der Waals surface area contributed by atoms with Gasteiger partial charge in [-0.05, 0) is 38.3 Å². The van der Waals surface area contributed by atoms with Crippen molar-refractivity contribution in [3.05, 3.63) is 59.3 Å². The Morgan fingerprint density at radius 3 is 2.75 bits per heavy atom. The lowest BCUT2D eigenvalue weighted by atomic mass is 10.0. The maximum Gasteiger partial charge on any atom is 0.266 e. The van der Waals surface area contributed by atoms with Gasteiger partial charge in [0.05, 0.1) is 23.4 Å². The number of rotatable bonds is 7. The molecule has 2 aliphatic heterocycles. The fourth-order valence-corrected chi connectivity index (χ4v) is 5.42. The van der Waals surface area contributed by atoms with Crippen LogP contribution < -0.4 is 10.2 Å². The maximum absolute atomic E-state index is 14.4. The van der Waals surface area contributed by atoms with Crippen molar-refractivity contribution in [1.29, 1.82) is 0 Å². The quantitative estimate of drug-likeness (QED) is 0.516. The fraction of sp³-hybridized carbons (Fsp3) is 0.480. The Balaban J connectivity index is 1.31. The van der Waals surface area contributed by atoms with Crippen LogP contribution in [0.1, 0.15) is 53.6 Å². The van der Waals surface area contributed by atoms with Gasteiger partial charge in [0.2, 0.25) is 0 Å². The number of piperidine rings is 1. The number of amides is 1. The highest BCUT2D eigenvalue weighted by atomic mass is 19.3. The molecule has 2 fully saturated rings. The number of carbonyl (C=O) groups is 1. The highest BCUT2D eigenvalue weighted by Gasteiger charge is 2.33. The van der Waals surface area contributed by atoms with E-state index in [1.54, 1.807) is 12.3 Å². The molecule has 11 heteroatoms. The van der Waals surface area contributed by atoms with Crippen LogP contribution in [-0.4, -0.2) is 68.8 Å². The molecule has 2 aromatic heterocycles. The fourth-order valence-electron chi connectivity index (χ4n) is 5.42. The SMILES string of the molecule is O=C(NCc1cccc(C(F)F)c1F)c1cc(N2CCC(N3CCCC3CO)CC2)c2ncnn2c1. The second-order valence-electron chi connectivity index (χ2n) is 9.38. The Hall–Kier alpha value is -3.18. The second kappa shape index (κ2) is 10.4. The van der Waals surface area contributed by atoms with Gasteiger partial charge in [-0.3, -0.25) is 9.69 Å². The van der Waals surface area contributed by atoms with E-state index in [1.165, 1.54) is 23.0 Å². The van der Waals surface area contributed by atoms with E-state index in [0.29, 0.717) is 17.3 Å². The van der Waals surface area contributed by atoms with Crippen LogP contribution >= 0.6 is 0 Å². The molecule has 1 atom stereocenters. The molecule has 3 aromatic rings. The zero-order valence-corrected chi connectivity index (χ0v) is 19.8. The van der Waals surface area contributed by atoms with Crippen LogP contribution in [0.25, 0.3) is 5.65 Å². The summed E-state index contributed by atoms with van der Waals surface area (Å²) in [5.74, 6) is -1.47. The van der Waals surface area contributed by atoms with Gasteiger partial charge < -0.3 is 15.3 Å². The second-order valence-corrected chi connectivity index (χ2v) is 9.38. The first-order chi connectivity index (χ1) is 17.5. The van der Waals surface area contributed by atoms with E-state index in [1.807, 2.05) is 0 Å². The third-order valence-electron chi connectivity index (χ3n) is 7.31. The average Bonchev–Trinajstić information content (AvgIpc) is 3.56. The molecule has 2 N–H and O–H groups in total. The third kappa shape index (κ3) is 4.77. The number of hydrogen-bond acceptors (Lipinski definition) is 6. The molecule has 1 amide bonds. The molecule has 192 valence electrons. The number of alkyl halides is 2. The number of aromatic nitrogens is 3. The first-order valence-electron chi connectivity index (χ1n) is 12.2. The summed E-state index contributed by atoms with van der Waals surface area (Å²) in [5.41, 5.74) is 1.04. The van der Waals surface area contributed by atoms with Gasteiger partial charge >= 0.3 is 0 Å². The van der Waals surface area contributed by atoms with Crippen molar-refractivity contribution in [3.63, 3.8) is 0 Å². The standard InChI is InChI=1S/C25H29F3N6O2/c26-22-16(3-1-5-20(22)23(27)28)12-29-25(36)17-11-21(24-30-15-31-34(24)13-17)32-9-6-18(7-10-32)33-8-2-4-19(33)14-35/h1,3,5,11,13,15,18-19,23,35H,2,4,6-10,12,14H2,(H,29,36). The first-order valence-corrected chi connectivity index (χ1v) is 12.2. The molecule has 36 heavy (non-hydrogen) atoms. The summed E-state index contributed by atoms with van der Waals surface area (Å²) in [6.07, 6.45) is 4.07. The molecule has 0 bridgehead atoms. The van der Waals surface area contributed by atoms with Gasteiger partial charge in [-0.1, -0.05) is 18.2 Å². The van der Waals surface area contributed by atoms with Crippen molar-refractivity contribution in [1.82, 2.24) is 24.8 Å². The lowest BCUT2D eigenvalue weighted by molar-refractivity contribution is 0.0950. The number of likely N-dealkylation sites (tertiary alicyclic amines) is 1. The molecule has 4 heterocycles. The highest BCUT2D eigenvalue weighted by molar-refractivity contribution is 5.96. The predicted octanol–water partition coefficient (Wildman–Crippen LogP) is 3.16. The van der Waals surface area contributed by atoms with Gasteiger partial charge in [0.25, 0.3) is 12.3 Å². The normalized spacial score (nSPS) is 19.5. The number of pyridine rings is 1. The molecular formula is C25H29F3N6O2. The predicted molar refractivity (Wildman–Crippen MR) is 128 cm³/mol. The number of nitrogens with one attached hydrogen (secondary N) is 1.